The minimum atomic E-state index is -0.0891. The monoisotopic (exact) mass is 254 g/mol. The fourth-order valence-electron chi connectivity index (χ4n) is 1.88. The quantitative estimate of drug-likeness (QED) is 0.853. The fraction of sp³-hybridized carbons (Fsp3) is 0.125. The van der Waals surface area contributed by atoms with Crippen molar-refractivity contribution in [3.8, 4) is 16.9 Å². The number of aromatic hydroxyl groups is 1. The first kappa shape index (κ1) is 13.0. The van der Waals surface area contributed by atoms with Crippen molar-refractivity contribution in [2.24, 2.45) is 0 Å². The molecule has 0 saturated carbocycles. The lowest BCUT2D eigenvalue weighted by Crippen LogP contribution is -1.93. The number of benzene rings is 2. The second-order valence-electron chi connectivity index (χ2n) is 4.42. The Bertz CT molecular complexity index is 640. The molecular formula is C16H14O3. The van der Waals surface area contributed by atoms with Crippen LogP contribution in [0.25, 0.3) is 11.1 Å². The molecular weight excluding hydrogens is 240 g/mol. The van der Waals surface area contributed by atoms with E-state index in [0.29, 0.717) is 16.7 Å². The number of carbonyl (C=O) groups is 2. The Morgan fingerprint density at radius 1 is 0.842 bits per heavy atom. The van der Waals surface area contributed by atoms with Gasteiger partial charge >= 0.3 is 0 Å². The van der Waals surface area contributed by atoms with E-state index in [2.05, 4.69) is 0 Å². The normalized spacial score (nSPS) is 10.2. The van der Waals surface area contributed by atoms with Crippen LogP contribution in [0.4, 0.5) is 0 Å². The molecule has 19 heavy (non-hydrogen) atoms. The van der Waals surface area contributed by atoms with Crippen LogP contribution < -0.4 is 0 Å². The number of carbonyl (C=O) groups excluding carboxylic acids is 2. The summed E-state index contributed by atoms with van der Waals surface area (Å²) in [6.45, 7) is 2.96. The molecule has 0 aliphatic rings. The molecule has 2 aromatic rings. The van der Waals surface area contributed by atoms with E-state index in [1.165, 1.54) is 19.9 Å². The van der Waals surface area contributed by atoms with Crippen LogP contribution in [0.15, 0.2) is 42.5 Å². The predicted octanol–water partition coefficient (Wildman–Crippen LogP) is 3.46. The lowest BCUT2D eigenvalue weighted by molar-refractivity contribution is 0.100. The van der Waals surface area contributed by atoms with Crippen molar-refractivity contribution in [3.63, 3.8) is 0 Å². The number of ketones is 2. The van der Waals surface area contributed by atoms with Gasteiger partial charge in [-0.1, -0.05) is 30.3 Å². The first-order valence-electron chi connectivity index (χ1n) is 5.94. The highest BCUT2D eigenvalue weighted by Crippen LogP contribution is 2.30. The van der Waals surface area contributed by atoms with Gasteiger partial charge in [0.25, 0.3) is 0 Å². The van der Waals surface area contributed by atoms with E-state index >= 15 is 0 Å². The molecule has 0 fully saturated rings. The summed E-state index contributed by atoms with van der Waals surface area (Å²) in [6.07, 6.45) is 0. The van der Waals surface area contributed by atoms with E-state index < -0.39 is 0 Å². The van der Waals surface area contributed by atoms with Crippen LogP contribution in [0, 0.1) is 0 Å². The zero-order chi connectivity index (χ0) is 14.0. The second kappa shape index (κ2) is 5.06. The van der Waals surface area contributed by atoms with Crippen LogP contribution in [0.5, 0.6) is 5.75 Å². The molecule has 2 aromatic carbocycles. The van der Waals surface area contributed by atoms with Gasteiger partial charge in [-0.2, -0.15) is 0 Å². The van der Waals surface area contributed by atoms with Gasteiger partial charge in [0, 0.05) is 16.7 Å². The molecule has 2 rings (SSSR count). The van der Waals surface area contributed by atoms with Crippen LogP contribution >= 0.6 is 0 Å². The number of phenolic OH excluding ortho intramolecular Hbond substituents is 1. The molecule has 0 saturated heterocycles. The maximum atomic E-state index is 11.2. The second-order valence-corrected chi connectivity index (χ2v) is 4.42. The van der Waals surface area contributed by atoms with E-state index in [4.69, 9.17) is 0 Å². The summed E-state index contributed by atoms with van der Waals surface area (Å²) < 4.78 is 0. The summed E-state index contributed by atoms with van der Waals surface area (Å²) in [5, 5.41) is 9.95. The van der Waals surface area contributed by atoms with Crippen LogP contribution in [0.3, 0.4) is 0 Å². The molecule has 3 heteroatoms. The lowest BCUT2D eigenvalue weighted by Gasteiger charge is -2.07. The maximum Gasteiger partial charge on any atom is 0.159 e. The Morgan fingerprint density at radius 2 is 1.37 bits per heavy atom. The highest BCUT2D eigenvalue weighted by molar-refractivity contribution is 5.96. The van der Waals surface area contributed by atoms with Gasteiger partial charge in [-0.05, 0) is 31.5 Å². The highest BCUT2D eigenvalue weighted by Gasteiger charge is 2.08. The van der Waals surface area contributed by atoms with Gasteiger partial charge in [0.05, 0.1) is 0 Å². The molecule has 3 nitrogen and oxygen atoms in total. The summed E-state index contributed by atoms with van der Waals surface area (Å²) in [4.78, 5) is 22.4. The van der Waals surface area contributed by atoms with Gasteiger partial charge in [0.1, 0.15) is 5.75 Å². The largest absolute Gasteiger partial charge is 0.507 e. The van der Waals surface area contributed by atoms with Crippen molar-refractivity contribution in [1.29, 1.82) is 0 Å². The van der Waals surface area contributed by atoms with Gasteiger partial charge in [-0.25, -0.2) is 0 Å². The summed E-state index contributed by atoms with van der Waals surface area (Å²) >= 11 is 0. The van der Waals surface area contributed by atoms with Gasteiger partial charge < -0.3 is 5.11 Å². The van der Waals surface area contributed by atoms with Crippen molar-refractivity contribution >= 4 is 11.6 Å². The zero-order valence-corrected chi connectivity index (χ0v) is 10.8. The Morgan fingerprint density at radius 3 is 1.84 bits per heavy atom. The Balaban J connectivity index is 2.41. The molecule has 0 radical (unpaired) electrons. The van der Waals surface area contributed by atoms with Crippen molar-refractivity contribution in [3.05, 3.63) is 53.6 Å². The molecule has 0 aliphatic carbocycles. The molecule has 96 valence electrons. The van der Waals surface area contributed by atoms with E-state index in [0.717, 1.165) is 5.56 Å². The van der Waals surface area contributed by atoms with Crippen molar-refractivity contribution in [2.75, 3.05) is 0 Å². The number of hydrogen-bond acceptors (Lipinski definition) is 3. The van der Waals surface area contributed by atoms with Gasteiger partial charge in [-0.15, -0.1) is 0 Å². The summed E-state index contributed by atoms with van der Waals surface area (Å²) in [7, 11) is 0. The third kappa shape index (κ3) is 2.71. The number of Topliss-reactive ketones (excluding diaryl/α,β-unsaturated/α-hetero) is 2. The van der Waals surface area contributed by atoms with Gasteiger partial charge in [-0.3, -0.25) is 9.59 Å². The Kier molecular flexibility index (Phi) is 3.47. The van der Waals surface area contributed by atoms with Crippen LogP contribution in [-0.4, -0.2) is 16.7 Å². The van der Waals surface area contributed by atoms with Crippen LogP contribution in [-0.2, 0) is 0 Å². The SMILES string of the molecule is CC(=O)c1ccc(-c2ccc(C(C)=O)cc2O)cc1. The fourth-order valence-corrected chi connectivity index (χ4v) is 1.88. The zero-order valence-electron chi connectivity index (χ0n) is 10.8. The minimum absolute atomic E-state index is 0.00250. The lowest BCUT2D eigenvalue weighted by atomic mass is 9.99. The van der Waals surface area contributed by atoms with Crippen molar-refractivity contribution in [1.82, 2.24) is 0 Å². The smallest absolute Gasteiger partial charge is 0.159 e. The molecule has 0 amide bonds. The van der Waals surface area contributed by atoms with Gasteiger partial charge in [0.15, 0.2) is 11.6 Å². The average molecular weight is 254 g/mol. The third-order valence-corrected chi connectivity index (χ3v) is 3.01. The molecule has 0 aliphatic heterocycles. The maximum absolute atomic E-state index is 11.2. The predicted molar refractivity (Wildman–Crippen MR) is 73.6 cm³/mol. The molecule has 0 heterocycles. The first-order valence-corrected chi connectivity index (χ1v) is 5.94. The molecule has 0 spiro atoms. The van der Waals surface area contributed by atoms with E-state index in [9.17, 15) is 14.7 Å². The number of phenols is 1. The van der Waals surface area contributed by atoms with Crippen LogP contribution in [0.1, 0.15) is 34.6 Å². The van der Waals surface area contributed by atoms with E-state index in [1.54, 1.807) is 36.4 Å². The summed E-state index contributed by atoms with van der Waals surface area (Å²) in [6, 6.07) is 11.8. The van der Waals surface area contributed by atoms with Crippen molar-refractivity contribution < 1.29 is 14.7 Å². The first-order chi connectivity index (χ1) is 8.99. The molecule has 0 atom stereocenters. The number of hydrogen-bond donors (Lipinski definition) is 1. The summed E-state index contributed by atoms with van der Waals surface area (Å²) in [5.74, 6) is -0.0280. The van der Waals surface area contributed by atoms with Crippen LogP contribution in [0.2, 0.25) is 0 Å². The highest BCUT2D eigenvalue weighted by atomic mass is 16.3. The van der Waals surface area contributed by atoms with Gasteiger partial charge in [0.2, 0.25) is 0 Å². The Hall–Kier alpha value is -2.42. The molecule has 1 N–H and O–H groups in total. The average Bonchev–Trinajstić information content (AvgIpc) is 2.38. The third-order valence-electron chi connectivity index (χ3n) is 3.01. The number of rotatable bonds is 3. The van der Waals surface area contributed by atoms with Crippen molar-refractivity contribution in [2.45, 2.75) is 13.8 Å². The Labute approximate surface area is 111 Å². The van der Waals surface area contributed by atoms with E-state index in [-0.39, 0.29) is 17.3 Å². The molecule has 0 bridgehead atoms. The molecule has 0 aromatic heterocycles. The van der Waals surface area contributed by atoms with E-state index in [1.807, 2.05) is 0 Å². The molecule has 0 unspecified atom stereocenters. The topological polar surface area (TPSA) is 54.4 Å². The standard InChI is InChI=1S/C16H14O3/c1-10(17)12-3-5-13(6-4-12)15-8-7-14(11(2)18)9-16(15)19/h3-9,19H,1-2H3. The minimum Gasteiger partial charge on any atom is -0.507 e. The summed E-state index contributed by atoms with van der Waals surface area (Å²) in [5.41, 5.74) is 2.54.